The molecule has 0 radical (unpaired) electrons. The van der Waals surface area contributed by atoms with Crippen LogP contribution < -0.4 is 0 Å². The lowest BCUT2D eigenvalue weighted by Gasteiger charge is -2.21. The van der Waals surface area contributed by atoms with Gasteiger partial charge in [-0.15, -0.1) is 0 Å². The van der Waals surface area contributed by atoms with Crippen LogP contribution in [0.5, 0.6) is 0 Å². The summed E-state index contributed by atoms with van der Waals surface area (Å²) in [5, 5.41) is 11.1. The summed E-state index contributed by atoms with van der Waals surface area (Å²) in [6.07, 6.45) is 4.58. The van der Waals surface area contributed by atoms with E-state index in [0.717, 1.165) is 28.2 Å². The van der Waals surface area contributed by atoms with Crippen LogP contribution in [-0.2, 0) is 4.79 Å². The molecule has 0 aliphatic carbocycles. The van der Waals surface area contributed by atoms with Gasteiger partial charge in [-0.05, 0) is 24.3 Å². The van der Waals surface area contributed by atoms with Crippen molar-refractivity contribution in [2.75, 3.05) is 0 Å². The fourth-order valence-electron chi connectivity index (χ4n) is 3.90. The van der Waals surface area contributed by atoms with Crippen LogP contribution in [0.15, 0.2) is 94.8 Å². The number of hydrogen-bond acceptors (Lipinski definition) is 4. The average Bonchev–Trinajstić information content (AvgIpc) is 3.58. The van der Waals surface area contributed by atoms with E-state index in [0.29, 0.717) is 18.6 Å². The highest BCUT2D eigenvalue weighted by atomic mass is 16.3. The molecule has 0 N–H and O–H groups in total. The molecule has 2 aromatic carbocycles. The molecule has 4 aromatic rings. The van der Waals surface area contributed by atoms with Gasteiger partial charge in [-0.3, -0.25) is 4.79 Å². The van der Waals surface area contributed by atoms with Crippen LogP contribution in [0.4, 0.5) is 0 Å². The summed E-state index contributed by atoms with van der Waals surface area (Å²) >= 11 is 0. The summed E-state index contributed by atoms with van der Waals surface area (Å²) in [4.78, 5) is 12.8. The summed E-state index contributed by atoms with van der Waals surface area (Å²) in [5.74, 6) is 0.658. The van der Waals surface area contributed by atoms with Crippen LogP contribution in [-0.4, -0.2) is 26.4 Å². The van der Waals surface area contributed by atoms with E-state index < -0.39 is 0 Å². The second-order valence-corrected chi connectivity index (χ2v) is 7.41. The van der Waals surface area contributed by atoms with Crippen molar-refractivity contribution < 1.29 is 9.21 Å². The van der Waals surface area contributed by atoms with E-state index in [2.05, 4.69) is 5.10 Å². The van der Waals surface area contributed by atoms with E-state index in [-0.39, 0.29) is 11.9 Å². The lowest BCUT2D eigenvalue weighted by atomic mass is 9.98. The van der Waals surface area contributed by atoms with E-state index in [4.69, 9.17) is 9.52 Å². The molecular weight excluding hydrogens is 388 g/mol. The van der Waals surface area contributed by atoms with Gasteiger partial charge in [-0.1, -0.05) is 55.5 Å². The zero-order valence-corrected chi connectivity index (χ0v) is 17.2. The third-order valence-corrected chi connectivity index (χ3v) is 5.44. The maximum Gasteiger partial charge on any atom is 0.242 e. The van der Waals surface area contributed by atoms with Crippen LogP contribution in [0.25, 0.3) is 16.9 Å². The first-order chi connectivity index (χ1) is 15.2. The minimum atomic E-state index is -0.250. The number of aromatic nitrogens is 2. The monoisotopic (exact) mass is 410 g/mol. The highest BCUT2D eigenvalue weighted by molar-refractivity contribution is 6.01. The SMILES string of the molecule is CCC(=O)N1N=C(c2ccco2)CC1c1cn(-c2ccccc2)nc1-c1ccccc1. The summed E-state index contributed by atoms with van der Waals surface area (Å²) in [5.41, 5.74) is 4.54. The van der Waals surface area contributed by atoms with E-state index in [1.165, 1.54) is 0 Å². The Morgan fingerprint density at radius 2 is 1.77 bits per heavy atom. The Kier molecular flexibility index (Phi) is 4.96. The quantitative estimate of drug-likeness (QED) is 0.453. The molecule has 31 heavy (non-hydrogen) atoms. The molecule has 0 saturated carbocycles. The Balaban J connectivity index is 1.62. The second-order valence-electron chi connectivity index (χ2n) is 7.41. The highest BCUT2D eigenvalue weighted by Gasteiger charge is 2.36. The number of carbonyl (C=O) groups excluding carboxylic acids is 1. The van der Waals surface area contributed by atoms with E-state index >= 15 is 0 Å². The molecule has 1 unspecified atom stereocenters. The predicted molar refractivity (Wildman–Crippen MR) is 119 cm³/mol. The molecule has 154 valence electrons. The van der Waals surface area contributed by atoms with Crippen LogP contribution >= 0.6 is 0 Å². The van der Waals surface area contributed by atoms with Crippen molar-refractivity contribution in [2.45, 2.75) is 25.8 Å². The first-order valence-electron chi connectivity index (χ1n) is 10.4. The maximum absolute atomic E-state index is 12.8. The van der Waals surface area contributed by atoms with E-state index in [1.54, 1.807) is 11.3 Å². The third-order valence-electron chi connectivity index (χ3n) is 5.44. The van der Waals surface area contributed by atoms with E-state index in [9.17, 15) is 4.79 Å². The molecular formula is C25H22N4O2. The molecule has 0 bridgehead atoms. The normalized spacial score (nSPS) is 15.8. The number of hydrogen-bond donors (Lipinski definition) is 0. The van der Waals surface area contributed by atoms with Gasteiger partial charge in [0.25, 0.3) is 0 Å². The van der Waals surface area contributed by atoms with Crippen molar-refractivity contribution in [1.82, 2.24) is 14.8 Å². The average molecular weight is 410 g/mol. The predicted octanol–water partition coefficient (Wildman–Crippen LogP) is 5.22. The van der Waals surface area contributed by atoms with E-state index in [1.807, 2.05) is 90.6 Å². The van der Waals surface area contributed by atoms with Crippen molar-refractivity contribution in [3.05, 3.63) is 96.6 Å². The fraction of sp³-hybridized carbons (Fsp3) is 0.160. The molecule has 1 atom stereocenters. The number of rotatable bonds is 5. The van der Waals surface area contributed by atoms with Crippen molar-refractivity contribution in [3.63, 3.8) is 0 Å². The number of hydrazone groups is 1. The standard InChI is InChI=1S/C25H22N4O2/c1-2-24(30)29-22(16-21(26-29)23-14-9-15-31-23)20-17-28(19-12-7-4-8-13-19)27-25(20)18-10-5-3-6-11-18/h3-15,17,22H,2,16H2,1H3. The summed E-state index contributed by atoms with van der Waals surface area (Å²) in [6, 6.07) is 23.5. The molecule has 1 aliphatic heterocycles. The second kappa shape index (κ2) is 8.07. The Hall–Kier alpha value is -3.93. The number of furan rings is 1. The highest BCUT2D eigenvalue weighted by Crippen LogP contribution is 2.38. The van der Waals surface area contributed by atoms with Crippen LogP contribution in [0, 0.1) is 0 Å². The van der Waals surface area contributed by atoms with Crippen LogP contribution in [0.2, 0.25) is 0 Å². The molecule has 3 heterocycles. The number of benzene rings is 2. The smallest absolute Gasteiger partial charge is 0.242 e. The molecule has 6 heteroatoms. The Labute approximate surface area is 180 Å². The Bertz CT molecular complexity index is 1210. The zero-order chi connectivity index (χ0) is 21.2. The molecule has 1 amide bonds. The van der Waals surface area contributed by atoms with Gasteiger partial charge >= 0.3 is 0 Å². The van der Waals surface area contributed by atoms with Gasteiger partial charge in [0.1, 0.15) is 11.5 Å². The van der Waals surface area contributed by atoms with Gasteiger partial charge in [0.05, 0.1) is 23.7 Å². The van der Waals surface area contributed by atoms with Gasteiger partial charge in [0.15, 0.2) is 0 Å². The molecule has 5 rings (SSSR count). The summed E-state index contributed by atoms with van der Waals surface area (Å²) in [6.45, 7) is 1.85. The number of amides is 1. The lowest BCUT2D eigenvalue weighted by molar-refractivity contribution is -0.132. The largest absolute Gasteiger partial charge is 0.463 e. The summed E-state index contributed by atoms with van der Waals surface area (Å²) < 4.78 is 7.44. The van der Waals surface area contributed by atoms with Crippen molar-refractivity contribution >= 4 is 11.6 Å². The van der Waals surface area contributed by atoms with Gasteiger partial charge in [-0.25, -0.2) is 9.69 Å². The number of nitrogens with zero attached hydrogens (tertiary/aromatic N) is 4. The summed E-state index contributed by atoms with van der Waals surface area (Å²) in [7, 11) is 0. The minimum absolute atomic E-state index is 0.0296. The Morgan fingerprint density at radius 1 is 1.03 bits per heavy atom. The maximum atomic E-state index is 12.8. The first-order valence-corrected chi connectivity index (χ1v) is 10.4. The molecule has 1 aliphatic rings. The zero-order valence-electron chi connectivity index (χ0n) is 17.2. The molecule has 0 saturated heterocycles. The number of carbonyl (C=O) groups is 1. The van der Waals surface area contributed by atoms with Crippen molar-refractivity contribution in [2.24, 2.45) is 5.10 Å². The van der Waals surface area contributed by atoms with Gasteiger partial charge < -0.3 is 4.42 Å². The molecule has 2 aromatic heterocycles. The molecule has 6 nitrogen and oxygen atoms in total. The van der Waals surface area contributed by atoms with Gasteiger partial charge in [0, 0.05) is 30.2 Å². The van der Waals surface area contributed by atoms with Crippen molar-refractivity contribution in [3.8, 4) is 16.9 Å². The van der Waals surface area contributed by atoms with Crippen LogP contribution in [0.1, 0.15) is 37.1 Å². The van der Waals surface area contributed by atoms with Gasteiger partial charge in [0.2, 0.25) is 5.91 Å². The van der Waals surface area contributed by atoms with Gasteiger partial charge in [-0.2, -0.15) is 10.2 Å². The number of para-hydroxylation sites is 1. The topological polar surface area (TPSA) is 63.6 Å². The third kappa shape index (κ3) is 3.57. The first kappa shape index (κ1) is 19.1. The molecule has 0 fully saturated rings. The van der Waals surface area contributed by atoms with Crippen LogP contribution in [0.3, 0.4) is 0 Å². The Morgan fingerprint density at radius 3 is 2.45 bits per heavy atom. The van der Waals surface area contributed by atoms with Crippen molar-refractivity contribution in [1.29, 1.82) is 0 Å². The fourth-order valence-corrected chi connectivity index (χ4v) is 3.90. The minimum Gasteiger partial charge on any atom is -0.463 e. The lowest BCUT2D eigenvalue weighted by Crippen LogP contribution is -2.26. The molecule has 0 spiro atoms.